The number of piperidine rings is 1. The average Bonchev–Trinajstić information content (AvgIpc) is 3.15. The fourth-order valence-electron chi connectivity index (χ4n) is 4.60. The first kappa shape index (κ1) is 21.9. The summed E-state index contributed by atoms with van der Waals surface area (Å²) >= 11 is 0. The highest BCUT2D eigenvalue weighted by Crippen LogP contribution is 2.39. The fourth-order valence-corrected chi connectivity index (χ4v) is 6.65. The lowest BCUT2D eigenvalue weighted by Gasteiger charge is -2.37. The van der Waals surface area contributed by atoms with Gasteiger partial charge in [-0.15, -0.1) is 0 Å². The number of rotatable bonds is 5. The smallest absolute Gasteiger partial charge is 0.330 e. The van der Waals surface area contributed by atoms with Gasteiger partial charge in [0.05, 0.1) is 17.5 Å². The van der Waals surface area contributed by atoms with Crippen molar-refractivity contribution in [2.45, 2.75) is 54.7 Å². The van der Waals surface area contributed by atoms with Crippen molar-refractivity contribution >= 4 is 9.84 Å². The Morgan fingerprint density at radius 1 is 1.10 bits per heavy atom. The summed E-state index contributed by atoms with van der Waals surface area (Å²) in [5.41, 5.74) is -0.286. The van der Waals surface area contributed by atoms with Crippen LogP contribution >= 0.6 is 0 Å². The molecule has 2 aromatic rings. The molecule has 2 saturated heterocycles. The molecule has 0 spiro atoms. The zero-order chi connectivity index (χ0) is 22.2. The van der Waals surface area contributed by atoms with Crippen LogP contribution in [0.15, 0.2) is 51.0 Å². The summed E-state index contributed by atoms with van der Waals surface area (Å²) in [6.07, 6.45) is 2.21. The van der Waals surface area contributed by atoms with E-state index in [0.717, 1.165) is 24.8 Å². The number of likely N-dealkylation sites (tertiary alicyclic amines) is 1. The summed E-state index contributed by atoms with van der Waals surface area (Å²) in [7, 11) is -3.89. The van der Waals surface area contributed by atoms with Crippen LogP contribution in [-0.4, -0.2) is 65.1 Å². The Hall–Kier alpha value is -2.27. The molecule has 4 rings (SSSR count). The van der Waals surface area contributed by atoms with Gasteiger partial charge in [-0.05, 0) is 45.0 Å². The number of H-pyrrole nitrogens is 1. The Morgan fingerprint density at radius 3 is 2.39 bits per heavy atom. The van der Waals surface area contributed by atoms with E-state index in [0.29, 0.717) is 13.1 Å². The van der Waals surface area contributed by atoms with Crippen molar-refractivity contribution in [3.05, 3.63) is 62.9 Å². The highest BCUT2D eigenvalue weighted by molar-refractivity contribution is 7.92. The minimum Gasteiger partial charge on any atom is -0.394 e. The molecule has 1 aromatic heterocycles. The number of hydrogen-bond donors (Lipinski definition) is 2. The Morgan fingerprint density at radius 2 is 1.77 bits per heavy atom. The maximum Gasteiger partial charge on any atom is 0.330 e. The highest BCUT2D eigenvalue weighted by Gasteiger charge is 2.54. The number of aryl methyl sites for hydroxylation is 1. The Balaban J connectivity index is 1.83. The lowest BCUT2D eigenvalue weighted by molar-refractivity contribution is -0.0453. The predicted molar refractivity (Wildman–Crippen MR) is 114 cm³/mol. The molecule has 10 heteroatoms. The molecule has 2 N–H and O–H groups in total. The second-order valence-corrected chi connectivity index (χ2v) is 10.3. The molecule has 0 saturated carbocycles. The third kappa shape index (κ3) is 4.12. The van der Waals surface area contributed by atoms with E-state index in [-0.39, 0.29) is 4.90 Å². The molecule has 31 heavy (non-hydrogen) atoms. The Kier molecular flexibility index (Phi) is 6.16. The van der Waals surface area contributed by atoms with Gasteiger partial charge in [0.2, 0.25) is 0 Å². The van der Waals surface area contributed by atoms with Gasteiger partial charge < -0.3 is 9.84 Å². The van der Waals surface area contributed by atoms with Crippen LogP contribution in [0.5, 0.6) is 0 Å². The van der Waals surface area contributed by atoms with Gasteiger partial charge in [-0.25, -0.2) is 13.2 Å². The molecule has 2 fully saturated rings. The molecular weight excluding hydrogens is 422 g/mol. The molecule has 2 aliphatic heterocycles. The highest BCUT2D eigenvalue weighted by atomic mass is 32.2. The normalized spacial score (nSPS) is 27.4. The third-order valence-electron chi connectivity index (χ3n) is 6.13. The van der Waals surface area contributed by atoms with E-state index >= 15 is 0 Å². The summed E-state index contributed by atoms with van der Waals surface area (Å²) in [5, 5.41) is 8.96. The predicted octanol–water partition coefficient (Wildman–Crippen LogP) is 0.432. The van der Waals surface area contributed by atoms with Crippen molar-refractivity contribution in [1.82, 2.24) is 14.5 Å². The summed E-state index contributed by atoms with van der Waals surface area (Å²) in [6, 6.07) is 7.10. The number of aromatic amines is 1. The first-order valence-corrected chi connectivity index (χ1v) is 12.0. The van der Waals surface area contributed by atoms with Crippen molar-refractivity contribution in [2.75, 3.05) is 19.7 Å². The number of benzene rings is 1. The summed E-state index contributed by atoms with van der Waals surface area (Å²) in [6.45, 7) is 2.71. The van der Waals surface area contributed by atoms with E-state index in [9.17, 15) is 23.1 Å². The standard InChI is InChI=1S/C21H27N3O6S/c1-14-5-7-15(8-6-14)31(28,29)19-16(13-25)30-20(18(19)23-10-3-2-4-11-23)24-12-9-17(26)22-21(24)27/h5-9,12,16,18-20,25H,2-4,10-11,13H2,1H3,(H,22,26,27)/t16-,18-,19+,20-/m1/s1. The second kappa shape index (κ2) is 8.70. The maximum absolute atomic E-state index is 13.7. The largest absolute Gasteiger partial charge is 0.394 e. The second-order valence-electron chi connectivity index (χ2n) is 8.17. The average molecular weight is 450 g/mol. The van der Waals surface area contributed by atoms with Crippen LogP contribution in [0, 0.1) is 6.92 Å². The minimum atomic E-state index is -3.89. The van der Waals surface area contributed by atoms with Crippen molar-refractivity contribution in [1.29, 1.82) is 0 Å². The van der Waals surface area contributed by atoms with Crippen LogP contribution in [0.1, 0.15) is 31.1 Å². The van der Waals surface area contributed by atoms with Crippen LogP contribution < -0.4 is 11.2 Å². The molecule has 4 atom stereocenters. The lowest BCUT2D eigenvalue weighted by atomic mass is 10.0. The molecule has 9 nitrogen and oxygen atoms in total. The first-order chi connectivity index (χ1) is 14.8. The molecule has 1 aromatic carbocycles. The van der Waals surface area contributed by atoms with E-state index < -0.39 is 51.3 Å². The van der Waals surface area contributed by atoms with Gasteiger partial charge >= 0.3 is 5.69 Å². The Labute approximate surface area is 180 Å². The van der Waals surface area contributed by atoms with Crippen LogP contribution in [-0.2, 0) is 14.6 Å². The first-order valence-electron chi connectivity index (χ1n) is 10.5. The van der Waals surface area contributed by atoms with Gasteiger partial charge in [-0.3, -0.25) is 19.2 Å². The van der Waals surface area contributed by atoms with Gasteiger partial charge in [-0.2, -0.15) is 0 Å². The number of ether oxygens (including phenoxy) is 1. The van der Waals surface area contributed by atoms with Gasteiger partial charge in [-0.1, -0.05) is 24.1 Å². The third-order valence-corrected chi connectivity index (χ3v) is 8.36. The van der Waals surface area contributed by atoms with Crippen LogP contribution in [0.3, 0.4) is 0 Å². The van der Waals surface area contributed by atoms with Crippen LogP contribution in [0.2, 0.25) is 0 Å². The number of aliphatic hydroxyl groups is 1. The topological polar surface area (TPSA) is 122 Å². The van der Waals surface area contributed by atoms with Crippen molar-refractivity contribution in [2.24, 2.45) is 0 Å². The van der Waals surface area contributed by atoms with Gasteiger partial charge in [0.25, 0.3) is 5.56 Å². The summed E-state index contributed by atoms with van der Waals surface area (Å²) in [5.74, 6) is 0. The lowest BCUT2D eigenvalue weighted by Crippen LogP contribution is -2.53. The number of nitrogens with zero attached hydrogens (tertiary/aromatic N) is 2. The van der Waals surface area contributed by atoms with E-state index in [1.807, 2.05) is 11.8 Å². The van der Waals surface area contributed by atoms with E-state index in [1.54, 1.807) is 24.3 Å². The number of aliphatic hydroxyl groups excluding tert-OH is 1. The molecule has 2 aliphatic rings. The quantitative estimate of drug-likeness (QED) is 0.679. The molecular formula is C21H27N3O6S. The maximum atomic E-state index is 13.7. The van der Waals surface area contributed by atoms with E-state index in [4.69, 9.17) is 4.74 Å². The Bertz CT molecular complexity index is 1130. The monoisotopic (exact) mass is 449 g/mol. The van der Waals surface area contributed by atoms with Gasteiger partial charge in [0, 0.05) is 12.3 Å². The molecule has 0 unspecified atom stereocenters. The van der Waals surface area contributed by atoms with Crippen molar-refractivity contribution in [3.8, 4) is 0 Å². The molecule has 0 radical (unpaired) electrons. The van der Waals surface area contributed by atoms with Crippen molar-refractivity contribution in [3.63, 3.8) is 0 Å². The number of hydrogen-bond acceptors (Lipinski definition) is 7. The summed E-state index contributed by atoms with van der Waals surface area (Å²) in [4.78, 5) is 28.5. The molecule has 0 amide bonds. The fraction of sp³-hybridized carbons (Fsp3) is 0.524. The zero-order valence-electron chi connectivity index (χ0n) is 17.3. The van der Waals surface area contributed by atoms with E-state index in [2.05, 4.69) is 4.98 Å². The van der Waals surface area contributed by atoms with Gasteiger partial charge in [0.15, 0.2) is 16.1 Å². The van der Waals surface area contributed by atoms with Crippen LogP contribution in [0.25, 0.3) is 0 Å². The van der Waals surface area contributed by atoms with E-state index in [1.165, 1.54) is 16.8 Å². The molecule has 3 heterocycles. The molecule has 0 bridgehead atoms. The number of sulfone groups is 1. The summed E-state index contributed by atoms with van der Waals surface area (Å²) < 4.78 is 34.7. The molecule has 168 valence electrons. The minimum absolute atomic E-state index is 0.154. The van der Waals surface area contributed by atoms with Crippen molar-refractivity contribution < 1.29 is 18.3 Å². The van der Waals surface area contributed by atoms with Gasteiger partial charge in [0.1, 0.15) is 11.4 Å². The number of nitrogens with one attached hydrogen (secondary N) is 1. The SMILES string of the molecule is Cc1ccc(S(=O)(=O)[C@@H]2[C@@H](N3CCCCC3)[C@H](n3ccc(=O)[nH]c3=O)O[C@@H]2CO)cc1. The zero-order valence-corrected chi connectivity index (χ0v) is 18.1. The number of aromatic nitrogens is 2. The molecule has 0 aliphatic carbocycles. The van der Waals surface area contributed by atoms with Crippen LogP contribution in [0.4, 0.5) is 0 Å².